The molecule has 0 spiro atoms. The summed E-state index contributed by atoms with van der Waals surface area (Å²) in [5, 5.41) is 22.9. The van der Waals surface area contributed by atoms with E-state index in [0.717, 1.165) is 25.7 Å². The van der Waals surface area contributed by atoms with Crippen molar-refractivity contribution in [2.45, 2.75) is 62.4 Å². The van der Waals surface area contributed by atoms with Crippen molar-refractivity contribution < 1.29 is 47.6 Å². The maximum atomic E-state index is 11.5. The number of likely N-dealkylation sites (N-methyl/N-ethyl adjacent to an activating group) is 1. The molecule has 4 amide bonds. The minimum absolute atomic E-state index is 0.0195. The van der Waals surface area contributed by atoms with Crippen LogP contribution in [0.5, 0.6) is 0 Å². The largest absolute Gasteiger partial charge is 0.379 e. The minimum atomic E-state index is -0.356. The third kappa shape index (κ3) is 16.7. The summed E-state index contributed by atoms with van der Waals surface area (Å²) in [6.07, 6.45) is 4.99. The fraction of sp³-hybridized carbons (Fsp3) is 0.875. The highest BCUT2D eigenvalue weighted by atomic mass is 16.5. The second-order valence-electron chi connectivity index (χ2n) is 12.1. The van der Waals surface area contributed by atoms with Crippen molar-refractivity contribution >= 4 is 23.6 Å². The number of amides is 4. The quantitative estimate of drug-likeness (QED) is 0.0770. The number of hydrogen-bond acceptors (Lipinski definition) is 14. The predicted molar refractivity (Wildman–Crippen MR) is 186 cm³/mol. The summed E-state index contributed by atoms with van der Waals surface area (Å²) in [6.45, 7) is 3.57. The lowest BCUT2D eigenvalue weighted by Gasteiger charge is -2.35. The van der Waals surface area contributed by atoms with Gasteiger partial charge in [-0.2, -0.15) is 0 Å². The Hall–Kier alpha value is -2.52. The van der Waals surface area contributed by atoms with E-state index in [9.17, 15) is 19.2 Å². The maximum Gasteiger partial charge on any atom is 0.250 e. The lowest BCUT2D eigenvalue weighted by molar-refractivity contribution is -0.152. The molecule has 2 aliphatic heterocycles. The van der Waals surface area contributed by atoms with Crippen LogP contribution in [0.2, 0.25) is 0 Å². The summed E-state index contributed by atoms with van der Waals surface area (Å²) in [7, 11) is 13.1. The number of methoxy groups -OCH3 is 4. The van der Waals surface area contributed by atoms with Crippen LogP contribution in [-0.2, 0) is 47.6 Å². The molecule has 2 aliphatic carbocycles. The van der Waals surface area contributed by atoms with Gasteiger partial charge in [0, 0.05) is 74.8 Å². The fourth-order valence-electron chi connectivity index (χ4n) is 5.59. The third-order valence-corrected chi connectivity index (χ3v) is 8.67. The van der Waals surface area contributed by atoms with E-state index in [-0.39, 0.29) is 65.6 Å². The van der Waals surface area contributed by atoms with Crippen molar-refractivity contribution in [2.24, 2.45) is 17.8 Å². The Balaban J connectivity index is 0.000000335. The first kappa shape index (κ1) is 45.5. The SMILES string of the molecule is CNC(=O)[C@@H]1CCCC[C@H]1NCOC.CNC(=O)[C@@H]1COC[C@H]1NCOC.CNC(=O)[C@@H]1C[C@H]1NCOC.CNC(=O)[C@@H]1OC[C@H]1NCOC. The van der Waals surface area contributed by atoms with Gasteiger partial charge in [0.05, 0.1) is 70.5 Å². The minimum Gasteiger partial charge on any atom is -0.379 e. The zero-order valence-corrected chi connectivity index (χ0v) is 31.2. The molecule has 50 heavy (non-hydrogen) atoms. The van der Waals surface area contributed by atoms with Gasteiger partial charge in [-0.15, -0.1) is 0 Å². The normalized spacial score (nSPS) is 27.7. The summed E-state index contributed by atoms with van der Waals surface area (Å²) >= 11 is 0. The maximum absolute atomic E-state index is 11.5. The second-order valence-corrected chi connectivity index (χ2v) is 12.1. The zero-order valence-electron chi connectivity index (χ0n) is 31.2. The fourth-order valence-corrected chi connectivity index (χ4v) is 5.59. The Morgan fingerprint density at radius 3 is 1.48 bits per heavy atom. The summed E-state index contributed by atoms with van der Waals surface area (Å²) < 4.78 is 29.7. The molecule has 4 aliphatic rings. The zero-order chi connectivity index (χ0) is 37.3. The number of hydrogen-bond donors (Lipinski definition) is 8. The van der Waals surface area contributed by atoms with E-state index in [4.69, 9.17) is 28.4 Å². The molecule has 292 valence electrons. The van der Waals surface area contributed by atoms with Gasteiger partial charge < -0.3 is 49.7 Å². The van der Waals surface area contributed by atoms with Crippen LogP contribution in [0.1, 0.15) is 32.1 Å². The summed E-state index contributed by atoms with van der Waals surface area (Å²) in [4.78, 5) is 44.9. The van der Waals surface area contributed by atoms with Gasteiger partial charge in [0.2, 0.25) is 17.7 Å². The van der Waals surface area contributed by atoms with E-state index < -0.39 is 0 Å². The molecule has 0 aromatic carbocycles. The Morgan fingerprint density at radius 2 is 0.980 bits per heavy atom. The van der Waals surface area contributed by atoms with Crippen LogP contribution in [0.3, 0.4) is 0 Å². The number of carbonyl (C=O) groups excluding carboxylic acids is 4. The lowest BCUT2D eigenvalue weighted by Crippen LogP contribution is -2.60. The van der Waals surface area contributed by atoms with Crippen LogP contribution in [0.15, 0.2) is 0 Å². The molecule has 0 aromatic rings. The van der Waals surface area contributed by atoms with Crippen molar-refractivity contribution in [2.75, 3.05) is 103 Å². The standard InChI is InChI=1S/C10H20N2O2.C8H16N2O3.C7H14N2O3.C7H14N2O2/c1-11-10(13)8-5-3-4-6-9(8)12-7-14-2;1-9-8(11)6-3-13-4-7(6)10-5-12-2;1-8-7(10)6-5(3-12-6)9-4-11-2;1-8-7(10)5-3-6(5)9-4-11-2/h8-9,12H,3-7H2,1-2H3,(H,11,13);6-7,10H,3-5H2,1-2H3,(H,9,11);5-6,9H,3-4H2,1-2H3,(H,8,10);5-6,9H,3-4H2,1-2H3,(H,8,10)/t8-,9-;6-,7-;2*5-,6-/m1111/s1. The van der Waals surface area contributed by atoms with Gasteiger partial charge in [0.25, 0.3) is 5.91 Å². The lowest BCUT2D eigenvalue weighted by atomic mass is 9.84. The molecule has 8 N–H and O–H groups in total. The Morgan fingerprint density at radius 1 is 0.520 bits per heavy atom. The van der Waals surface area contributed by atoms with Crippen LogP contribution in [0.4, 0.5) is 0 Å². The van der Waals surface area contributed by atoms with Crippen molar-refractivity contribution in [3.8, 4) is 0 Å². The van der Waals surface area contributed by atoms with E-state index >= 15 is 0 Å². The highest BCUT2D eigenvalue weighted by Gasteiger charge is 2.42. The van der Waals surface area contributed by atoms with Gasteiger partial charge in [0.1, 0.15) is 0 Å². The molecule has 0 aromatic heterocycles. The van der Waals surface area contributed by atoms with Crippen LogP contribution in [0, 0.1) is 17.8 Å². The smallest absolute Gasteiger partial charge is 0.250 e. The third-order valence-electron chi connectivity index (χ3n) is 8.67. The first-order chi connectivity index (χ1) is 24.2. The first-order valence-corrected chi connectivity index (χ1v) is 17.1. The number of nitrogens with one attached hydrogen (secondary N) is 8. The van der Waals surface area contributed by atoms with Crippen molar-refractivity contribution in [3.05, 3.63) is 0 Å². The second kappa shape index (κ2) is 27.2. The average Bonchev–Trinajstić information content (AvgIpc) is 3.77. The molecule has 2 heterocycles. The summed E-state index contributed by atoms with van der Waals surface area (Å²) in [5.41, 5.74) is 0. The van der Waals surface area contributed by atoms with Crippen LogP contribution in [-0.4, -0.2) is 157 Å². The van der Waals surface area contributed by atoms with Gasteiger partial charge in [-0.25, -0.2) is 0 Å². The van der Waals surface area contributed by atoms with E-state index in [2.05, 4.69) is 42.5 Å². The molecular formula is C32H64N8O10. The van der Waals surface area contributed by atoms with Gasteiger partial charge in [-0.3, -0.25) is 40.4 Å². The van der Waals surface area contributed by atoms with Crippen molar-refractivity contribution in [3.63, 3.8) is 0 Å². The highest BCUT2D eigenvalue weighted by molar-refractivity contribution is 5.82. The summed E-state index contributed by atoms with van der Waals surface area (Å²) in [6, 6.07) is 0.767. The molecule has 18 nitrogen and oxygen atoms in total. The van der Waals surface area contributed by atoms with Crippen LogP contribution >= 0.6 is 0 Å². The van der Waals surface area contributed by atoms with Gasteiger partial charge in [-0.05, 0) is 19.3 Å². The van der Waals surface area contributed by atoms with Crippen LogP contribution < -0.4 is 42.5 Å². The molecule has 2 saturated carbocycles. The van der Waals surface area contributed by atoms with Crippen LogP contribution in [0.25, 0.3) is 0 Å². The Labute approximate surface area is 297 Å². The topological polar surface area (TPSA) is 220 Å². The molecule has 8 atom stereocenters. The monoisotopic (exact) mass is 720 g/mol. The average molecular weight is 721 g/mol. The van der Waals surface area contributed by atoms with Crippen molar-refractivity contribution in [1.82, 2.24) is 42.5 Å². The van der Waals surface area contributed by atoms with E-state index in [0.29, 0.717) is 52.8 Å². The summed E-state index contributed by atoms with van der Waals surface area (Å²) in [5.74, 6) is 0.386. The molecule has 2 saturated heterocycles. The Bertz CT molecular complexity index is 968. The van der Waals surface area contributed by atoms with Crippen molar-refractivity contribution in [1.29, 1.82) is 0 Å². The van der Waals surface area contributed by atoms with E-state index in [1.165, 1.54) is 6.42 Å². The molecule has 4 rings (SSSR count). The molecule has 18 heteroatoms. The molecule has 0 bridgehead atoms. The molecule has 4 fully saturated rings. The van der Waals surface area contributed by atoms with Gasteiger partial charge in [-0.1, -0.05) is 12.8 Å². The number of rotatable bonds is 16. The first-order valence-electron chi connectivity index (χ1n) is 17.1. The van der Waals surface area contributed by atoms with Gasteiger partial charge >= 0.3 is 0 Å². The Kier molecular flexibility index (Phi) is 24.7. The number of carbonyl (C=O) groups is 4. The molecule has 0 unspecified atom stereocenters. The van der Waals surface area contributed by atoms with E-state index in [1.54, 1.807) is 56.6 Å². The number of ether oxygens (including phenoxy) is 6. The predicted octanol–water partition coefficient (Wildman–Crippen LogP) is -2.57. The highest BCUT2D eigenvalue weighted by Crippen LogP contribution is 2.30. The molecular weight excluding hydrogens is 656 g/mol. The molecule has 0 radical (unpaired) electrons. The van der Waals surface area contributed by atoms with E-state index in [1.807, 2.05) is 0 Å². The van der Waals surface area contributed by atoms with Gasteiger partial charge in [0.15, 0.2) is 6.10 Å².